The molecule has 0 aromatic carbocycles. The number of nitrogens with zero attached hydrogens (tertiary/aromatic N) is 4. The third-order valence-electron chi connectivity index (χ3n) is 6.33. The molecule has 1 aliphatic heterocycles. The van der Waals surface area contributed by atoms with E-state index in [4.69, 9.17) is 0 Å². The predicted molar refractivity (Wildman–Crippen MR) is 140 cm³/mol. The largest absolute Gasteiger partial charge is 0.390 e. The Labute approximate surface area is 226 Å². The number of fused-ring (bicyclic) bond motifs is 1. The molecule has 1 aliphatic rings. The van der Waals surface area contributed by atoms with Gasteiger partial charge in [0.05, 0.1) is 35.3 Å². The number of nitrogens with one attached hydrogen (secondary N) is 3. The highest BCUT2D eigenvalue weighted by molar-refractivity contribution is 7.92. The van der Waals surface area contributed by atoms with Gasteiger partial charge in [-0.15, -0.1) is 0 Å². The summed E-state index contributed by atoms with van der Waals surface area (Å²) in [5.74, 6) is -1.74. The van der Waals surface area contributed by atoms with E-state index in [-0.39, 0.29) is 47.9 Å². The minimum absolute atomic E-state index is 0.0544. The van der Waals surface area contributed by atoms with Crippen molar-refractivity contribution in [3.63, 3.8) is 0 Å². The average Bonchev–Trinajstić information content (AvgIpc) is 2.87. The Kier molecular flexibility index (Phi) is 8.58. The monoisotopic (exact) mass is 589 g/mol. The maximum atomic E-state index is 13.5. The van der Waals surface area contributed by atoms with Crippen molar-refractivity contribution < 1.29 is 30.4 Å². The maximum Gasteiger partial charge on any atom is 0.390 e. The molecule has 0 unspecified atom stereocenters. The van der Waals surface area contributed by atoms with Gasteiger partial charge in [0.25, 0.3) is 5.56 Å². The van der Waals surface area contributed by atoms with Gasteiger partial charge in [0.2, 0.25) is 22.4 Å². The Hall–Kier alpha value is -3.40. The van der Waals surface area contributed by atoms with Crippen LogP contribution in [0.4, 0.5) is 33.6 Å². The van der Waals surface area contributed by atoms with Crippen molar-refractivity contribution in [3.8, 4) is 11.3 Å². The maximum absolute atomic E-state index is 13.5. The summed E-state index contributed by atoms with van der Waals surface area (Å²) in [7, 11) is -4.26. The fraction of sp³-hybridized carbons (Fsp3) is 0.500. The van der Waals surface area contributed by atoms with E-state index in [1.807, 2.05) is 4.72 Å². The van der Waals surface area contributed by atoms with Gasteiger partial charge >= 0.3 is 6.18 Å². The van der Waals surface area contributed by atoms with Crippen molar-refractivity contribution in [2.45, 2.75) is 51.4 Å². The van der Waals surface area contributed by atoms with E-state index >= 15 is 0 Å². The molecule has 3 aromatic heterocycles. The van der Waals surface area contributed by atoms with Gasteiger partial charge in [0.15, 0.2) is 0 Å². The lowest BCUT2D eigenvalue weighted by atomic mass is 9.96. The van der Waals surface area contributed by atoms with Gasteiger partial charge in [-0.2, -0.15) is 18.2 Å². The van der Waals surface area contributed by atoms with E-state index < -0.39 is 46.3 Å². The lowest BCUT2D eigenvalue weighted by Crippen LogP contribution is -2.45. The van der Waals surface area contributed by atoms with Crippen LogP contribution in [0.25, 0.3) is 22.3 Å². The van der Waals surface area contributed by atoms with Crippen molar-refractivity contribution in [2.24, 2.45) is 5.92 Å². The zero-order valence-electron chi connectivity index (χ0n) is 21.5. The second kappa shape index (κ2) is 11.6. The second-order valence-corrected chi connectivity index (χ2v) is 11.7. The van der Waals surface area contributed by atoms with Crippen molar-refractivity contribution in [1.82, 2.24) is 24.8 Å². The molecule has 0 amide bonds. The van der Waals surface area contributed by atoms with Gasteiger partial charge < -0.3 is 10.6 Å². The van der Waals surface area contributed by atoms with Crippen LogP contribution in [-0.2, 0) is 10.0 Å². The van der Waals surface area contributed by atoms with Gasteiger partial charge in [0.1, 0.15) is 5.65 Å². The first-order valence-corrected chi connectivity index (χ1v) is 14.1. The van der Waals surface area contributed by atoms with Crippen LogP contribution >= 0.6 is 0 Å². The van der Waals surface area contributed by atoms with E-state index in [1.54, 1.807) is 13.8 Å². The summed E-state index contributed by atoms with van der Waals surface area (Å²) in [5, 5.41) is 6.54. The summed E-state index contributed by atoms with van der Waals surface area (Å²) in [4.78, 5) is 26.4. The highest BCUT2D eigenvalue weighted by Crippen LogP contribution is 2.25. The first-order chi connectivity index (χ1) is 18.7. The molecule has 0 bridgehead atoms. The number of halogens is 5. The molecule has 3 aromatic rings. The van der Waals surface area contributed by atoms with Crippen molar-refractivity contribution in [1.29, 1.82) is 0 Å². The predicted octanol–water partition coefficient (Wildman–Crippen LogP) is 3.78. The molecule has 16 heteroatoms. The molecule has 0 spiro atoms. The van der Waals surface area contributed by atoms with Gasteiger partial charge in [0, 0.05) is 42.7 Å². The van der Waals surface area contributed by atoms with Gasteiger partial charge in [-0.25, -0.2) is 22.2 Å². The topological polar surface area (TPSA) is 131 Å². The number of hydrogen-bond acceptors (Lipinski definition) is 8. The number of piperidine rings is 1. The first kappa shape index (κ1) is 29.6. The van der Waals surface area contributed by atoms with E-state index in [2.05, 4.69) is 25.6 Å². The quantitative estimate of drug-likeness (QED) is 0.322. The molecule has 1 saturated heterocycles. The lowest BCUT2D eigenvalue weighted by molar-refractivity contribution is -0.129. The van der Waals surface area contributed by atoms with E-state index in [9.17, 15) is 35.2 Å². The SMILES string of the molecule is CC(C)n1c(=O)c(-c2ccc(NS(=O)(=O)CCC(F)(F)F)cn2)cc2cnc(N[C@@H]3CNC[C@H](C(F)F)C3)nc21. The Bertz CT molecular complexity index is 1510. The van der Waals surface area contributed by atoms with Crippen molar-refractivity contribution in [3.05, 3.63) is 40.9 Å². The molecule has 1 fully saturated rings. The Balaban J connectivity index is 1.60. The Morgan fingerprint density at radius 1 is 1.15 bits per heavy atom. The van der Waals surface area contributed by atoms with Gasteiger partial charge in [-0.3, -0.25) is 19.1 Å². The summed E-state index contributed by atoms with van der Waals surface area (Å²) >= 11 is 0. The summed E-state index contributed by atoms with van der Waals surface area (Å²) in [5.41, 5.74) is 0.210. The molecule has 4 heterocycles. The third-order valence-corrected chi connectivity index (χ3v) is 7.62. The molecular weight excluding hydrogens is 561 g/mol. The van der Waals surface area contributed by atoms with Crippen LogP contribution in [0, 0.1) is 5.92 Å². The van der Waals surface area contributed by atoms with Crippen LogP contribution < -0.4 is 20.9 Å². The van der Waals surface area contributed by atoms with Crippen LogP contribution in [0.1, 0.15) is 32.7 Å². The highest BCUT2D eigenvalue weighted by atomic mass is 32.2. The summed E-state index contributed by atoms with van der Waals surface area (Å²) in [6.07, 6.45) is -5.71. The number of sulfonamides is 1. The fourth-order valence-electron chi connectivity index (χ4n) is 4.41. The number of anilines is 2. The average molecular weight is 590 g/mol. The number of pyridine rings is 2. The molecule has 10 nitrogen and oxygen atoms in total. The van der Waals surface area contributed by atoms with Gasteiger partial charge in [-0.05, 0) is 38.5 Å². The molecule has 4 rings (SSSR count). The van der Waals surface area contributed by atoms with E-state index in [0.717, 1.165) is 6.20 Å². The second-order valence-electron chi connectivity index (χ2n) is 9.85. The molecule has 0 radical (unpaired) electrons. The van der Waals surface area contributed by atoms with Crippen LogP contribution in [0.3, 0.4) is 0 Å². The third kappa shape index (κ3) is 7.21. The number of hydrogen-bond donors (Lipinski definition) is 3. The highest BCUT2D eigenvalue weighted by Gasteiger charge is 2.30. The minimum atomic E-state index is -4.62. The minimum Gasteiger partial charge on any atom is -0.350 e. The standard InChI is InChI=1S/C24H28F5N7O3S/c1-13(2)36-21-15(10-32-23(34-21)33-17-7-14(20(25)26)9-30-11-17)8-18(22(36)37)19-4-3-16(12-31-19)35-40(38,39)6-5-24(27,28)29/h3-4,8,10,12-14,17,20,30,35H,5-7,9,11H2,1-2H3,(H,32,33,34)/t14-,17+/m1/s1. The molecule has 3 N–H and O–H groups in total. The van der Waals surface area contributed by atoms with E-state index in [1.165, 1.54) is 29.0 Å². The van der Waals surface area contributed by atoms with Gasteiger partial charge in [-0.1, -0.05) is 0 Å². The smallest absolute Gasteiger partial charge is 0.350 e. The van der Waals surface area contributed by atoms with Crippen molar-refractivity contribution >= 4 is 32.7 Å². The lowest BCUT2D eigenvalue weighted by Gasteiger charge is -2.30. The molecular formula is C24H28F5N7O3S. The summed E-state index contributed by atoms with van der Waals surface area (Å²) < 4.78 is 90.9. The molecule has 2 atom stereocenters. The summed E-state index contributed by atoms with van der Waals surface area (Å²) in [6.45, 7) is 4.25. The normalized spacial score (nSPS) is 18.4. The number of alkyl halides is 5. The Morgan fingerprint density at radius 2 is 1.90 bits per heavy atom. The number of rotatable bonds is 9. The van der Waals surface area contributed by atoms with Crippen LogP contribution in [0.2, 0.25) is 0 Å². The molecule has 0 saturated carbocycles. The van der Waals surface area contributed by atoms with Crippen LogP contribution in [-0.4, -0.2) is 65.4 Å². The zero-order valence-corrected chi connectivity index (χ0v) is 22.4. The Morgan fingerprint density at radius 3 is 2.52 bits per heavy atom. The first-order valence-electron chi connectivity index (χ1n) is 12.4. The van der Waals surface area contributed by atoms with Crippen LogP contribution in [0.5, 0.6) is 0 Å². The van der Waals surface area contributed by atoms with Crippen molar-refractivity contribution in [2.75, 3.05) is 28.9 Å². The van der Waals surface area contributed by atoms with E-state index in [0.29, 0.717) is 17.6 Å². The van der Waals surface area contributed by atoms with Crippen LogP contribution in [0.15, 0.2) is 35.4 Å². The molecule has 218 valence electrons. The summed E-state index contributed by atoms with van der Waals surface area (Å²) in [6, 6.07) is 3.55. The molecule has 40 heavy (non-hydrogen) atoms. The fourth-order valence-corrected chi connectivity index (χ4v) is 5.49. The molecule has 0 aliphatic carbocycles. The zero-order chi connectivity index (χ0) is 29.2. The number of aromatic nitrogens is 4.